The summed E-state index contributed by atoms with van der Waals surface area (Å²) in [5, 5.41) is 0. The molecule has 108 valence electrons. The van der Waals surface area contributed by atoms with Crippen LogP contribution < -0.4 is 28.5 Å². The molecule has 0 saturated heterocycles. The molecule has 0 amide bonds. The van der Waals surface area contributed by atoms with Crippen LogP contribution in [0.2, 0.25) is 0 Å². The van der Waals surface area contributed by atoms with Crippen LogP contribution in [0.5, 0.6) is 0 Å². The summed E-state index contributed by atoms with van der Waals surface area (Å²) in [6.45, 7) is 2.11. The van der Waals surface area contributed by atoms with Crippen molar-refractivity contribution >= 4 is 23.2 Å². The van der Waals surface area contributed by atoms with E-state index in [1.165, 1.54) is 28.0 Å². The highest BCUT2D eigenvalue weighted by molar-refractivity contribution is 5.75. The van der Waals surface area contributed by atoms with E-state index in [4.69, 9.17) is 0 Å². The van der Waals surface area contributed by atoms with E-state index < -0.39 is 0 Å². The first-order chi connectivity index (χ1) is 9.66. The minimum atomic E-state index is 0. The average molecular weight is 390 g/mol. The average Bonchev–Trinajstić information content (AvgIpc) is 2.71. The number of fused-ring (bicyclic) bond motifs is 1. The fourth-order valence-corrected chi connectivity index (χ4v) is 2.58. The normalized spacial score (nSPS) is 11.0. The number of hydrogen-bond acceptors (Lipinski definition) is 0. The maximum Gasteiger partial charge on any atom is 0.281 e. The van der Waals surface area contributed by atoms with E-state index in [1.54, 1.807) is 0 Å². The maximum atomic E-state index is 2.22. The van der Waals surface area contributed by atoms with Gasteiger partial charge in [-0.1, -0.05) is 42.0 Å². The molecule has 0 fully saturated rings. The number of rotatable bonds is 2. The lowest BCUT2D eigenvalue weighted by Crippen LogP contribution is -3.00. The van der Waals surface area contributed by atoms with Gasteiger partial charge < -0.3 is 24.0 Å². The summed E-state index contributed by atoms with van der Waals surface area (Å²) < 4.78 is 4.44. The second-order valence-corrected chi connectivity index (χ2v) is 5.21. The molecule has 0 N–H and O–H groups in total. The summed E-state index contributed by atoms with van der Waals surface area (Å²) in [7, 11) is 4.22. The number of aryl methyl sites for hydroxylation is 3. The Kier molecular flexibility index (Phi) is 4.83. The largest absolute Gasteiger partial charge is 1.00 e. The lowest BCUT2D eigenvalue weighted by atomic mass is 10.1. The molecule has 0 atom stereocenters. The third kappa shape index (κ3) is 3.02. The van der Waals surface area contributed by atoms with Crippen molar-refractivity contribution < 1.29 is 28.5 Å². The lowest BCUT2D eigenvalue weighted by Gasteiger charge is -1.95. The van der Waals surface area contributed by atoms with Crippen LogP contribution in [-0.2, 0) is 14.1 Å². The molecule has 21 heavy (non-hydrogen) atoms. The first kappa shape index (κ1) is 15.8. The van der Waals surface area contributed by atoms with Crippen molar-refractivity contribution in [2.45, 2.75) is 6.92 Å². The van der Waals surface area contributed by atoms with Crippen LogP contribution in [0.3, 0.4) is 0 Å². The molecule has 1 heterocycles. The minimum absolute atomic E-state index is 0. The summed E-state index contributed by atoms with van der Waals surface area (Å²) in [5.41, 5.74) is 5.01. The fraction of sp³-hybridized carbons (Fsp3) is 0.167. The summed E-state index contributed by atoms with van der Waals surface area (Å²) in [5.74, 6) is 1.19. The van der Waals surface area contributed by atoms with Gasteiger partial charge in [-0.3, -0.25) is 0 Å². The zero-order valence-electron chi connectivity index (χ0n) is 12.5. The number of benzene rings is 2. The summed E-state index contributed by atoms with van der Waals surface area (Å²) in [4.78, 5) is 0. The van der Waals surface area contributed by atoms with E-state index in [2.05, 4.69) is 90.8 Å². The molecule has 0 aliphatic heterocycles. The Hall–Kier alpha value is -1.62. The lowest BCUT2D eigenvalue weighted by molar-refractivity contribution is -0.647. The number of para-hydroxylation sites is 2. The van der Waals surface area contributed by atoms with Crippen molar-refractivity contribution in [2.24, 2.45) is 14.1 Å². The van der Waals surface area contributed by atoms with Gasteiger partial charge in [0.2, 0.25) is 0 Å². The summed E-state index contributed by atoms with van der Waals surface area (Å²) >= 11 is 0. The van der Waals surface area contributed by atoms with Crippen LogP contribution in [0.25, 0.3) is 23.2 Å². The third-order valence-electron chi connectivity index (χ3n) is 3.79. The number of halogens is 1. The predicted octanol–water partition coefficient (Wildman–Crippen LogP) is 0.486. The van der Waals surface area contributed by atoms with Crippen LogP contribution in [-0.4, -0.2) is 4.57 Å². The predicted molar refractivity (Wildman–Crippen MR) is 84.2 cm³/mol. The molecule has 0 unspecified atom stereocenters. The van der Waals surface area contributed by atoms with Gasteiger partial charge in [-0.15, -0.1) is 0 Å². The highest BCUT2D eigenvalue weighted by Crippen LogP contribution is 2.14. The number of nitrogens with zero attached hydrogens (tertiary/aromatic N) is 2. The van der Waals surface area contributed by atoms with Crippen molar-refractivity contribution in [3.8, 4) is 0 Å². The molecular formula is C18H19IN2. The second-order valence-electron chi connectivity index (χ2n) is 5.21. The summed E-state index contributed by atoms with van der Waals surface area (Å²) in [6, 6.07) is 17.0. The second kappa shape index (κ2) is 6.43. The molecule has 3 rings (SSSR count). The van der Waals surface area contributed by atoms with E-state index in [0.717, 1.165) is 0 Å². The van der Waals surface area contributed by atoms with Crippen molar-refractivity contribution in [1.82, 2.24) is 4.57 Å². The van der Waals surface area contributed by atoms with E-state index >= 15 is 0 Å². The molecular weight excluding hydrogens is 371 g/mol. The van der Waals surface area contributed by atoms with Gasteiger partial charge in [0.05, 0.1) is 14.1 Å². The van der Waals surface area contributed by atoms with Crippen molar-refractivity contribution in [1.29, 1.82) is 0 Å². The molecule has 2 nitrogen and oxygen atoms in total. The van der Waals surface area contributed by atoms with Gasteiger partial charge >= 0.3 is 0 Å². The van der Waals surface area contributed by atoms with Crippen LogP contribution >= 0.6 is 0 Å². The Balaban J connectivity index is 0.00000161. The van der Waals surface area contributed by atoms with Gasteiger partial charge in [-0.25, -0.2) is 9.13 Å². The molecule has 0 aliphatic rings. The number of hydrogen-bond donors (Lipinski definition) is 0. The SMILES string of the molecule is Cc1ccc(/C=C/c2n(C)c3ccccc3[n+]2C)cc1.[I-]. The zero-order chi connectivity index (χ0) is 14.1. The minimum Gasteiger partial charge on any atom is -1.00 e. The van der Waals surface area contributed by atoms with Crippen LogP contribution in [0.15, 0.2) is 48.5 Å². The highest BCUT2D eigenvalue weighted by atomic mass is 127. The molecule has 0 spiro atoms. The van der Waals surface area contributed by atoms with Gasteiger partial charge in [0.1, 0.15) is 0 Å². The smallest absolute Gasteiger partial charge is 0.281 e. The van der Waals surface area contributed by atoms with Gasteiger partial charge in [0, 0.05) is 6.08 Å². The fourth-order valence-electron chi connectivity index (χ4n) is 2.58. The molecule has 0 aliphatic carbocycles. The Bertz CT molecular complexity index is 744. The Labute approximate surface area is 142 Å². The highest BCUT2D eigenvalue weighted by Gasteiger charge is 2.16. The topological polar surface area (TPSA) is 8.81 Å². The first-order valence-electron chi connectivity index (χ1n) is 6.85. The molecule has 0 radical (unpaired) electrons. The van der Waals surface area contributed by atoms with Gasteiger partial charge in [-0.05, 0) is 30.7 Å². The molecule has 3 heteroatoms. The van der Waals surface area contributed by atoms with E-state index in [9.17, 15) is 0 Å². The molecule has 0 saturated carbocycles. The van der Waals surface area contributed by atoms with Gasteiger partial charge in [0.25, 0.3) is 5.82 Å². The third-order valence-corrected chi connectivity index (χ3v) is 3.79. The van der Waals surface area contributed by atoms with Crippen molar-refractivity contribution in [2.75, 3.05) is 0 Å². The Morgan fingerprint density at radius 1 is 0.952 bits per heavy atom. The monoisotopic (exact) mass is 390 g/mol. The quantitative estimate of drug-likeness (QED) is 0.445. The van der Waals surface area contributed by atoms with Gasteiger partial charge in [0.15, 0.2) is 11.0 Å². The first-order valence-corrected chi connectivity index (χ1v) is 6.85. The maximum absolute atomic E-state index is 2.22. The van der Waals surface area contributed by atoms with Crippen LogP contribution in [0.1, 0.15) is 17.0 Å². The van der Waals surface area contributed by atoms with Gasteiger partial charge in [-0.2, -0.15) is 0 Å². The molecule has 1 aromatic heterocycles. The molecule has 3 aromatic rings. The van der Waals surface area contributed by atoms with Crippen LogP contribution in [0.4, 0.5) is 0 Å². The molecule has 0 bridgehead atoms. The Morgan fingerprint density at radius 2 is 1.62 bits per heavy atom. The van der Waals surface area contributed by atoms with E-state index in [1.807, 2.05) is 0 Å². The van der Waals surface area contributed by atoms with Crippen molar-refractivity contribution in [3.63, 3.8) is 0 Å². The summed E-state index contributed by atoms with van der Waals surface area (Å²) in [6.07, 6.45) is 4.33. The number of aromatic nitrogens is 2. The Morgan fingerprint density at radius 3 is 2.29 bits per heavy atom. The van der Waals surface area contributed by atoms with E-state index in [-0.39, 0.29) is 24.0 Å². The van der Waals surface area contributed by atoms with Crippen molar-refractivity contribution in [3.05, 3.63) is 65.5 Å². The van der Waals surface area contributed by atoms with Crippen LogP contribution in [0, 0.1) is 6.92 Å². The number of imidazole rings is 1. The molecule has 2 aromatic carbocycles. The standard InChI is InChI=1S/C18H19N2.HI/c1-14-8-10-15(11-9-14)12-13-18-19(2)16-6-4-5-7-17(16)20(18)3;/h4-13H,1-3H3;1H/q+1;/p-1/b13-12+;. The zero-order valence-corrected chi connectivity index (χ0v) is 14.7. The van der Waals surface area contributed by atoms with E-state index in [0.29, 0.717) is 0 Å².